The van der Waals surface area contributed by atoms with Crippen molar-refractivity contribution in [1.82, 2.24) is 4.73 Å². The summed E-state index contributed by atoms with van der Waals surface area (Å²) in [5.41, 5.74) is 6.87. The lowest BCUT2D eigenvalue weighted by Gasteiger charge is -2.15. The summed E-state index contributed by atoms with van der Waals surface area (Å²) in [7, 11) is 0. The third-order valence-electron chi connectivity index (χ3n) is 6.00. The molecule has 1 aliphatic rings. The molecule has 0 saturated carbocycles. The Bertz CT molecular complexity index is 1130. The van der Waals surface area contributed by atoms with Gasteiger partial charge in [0.15, 0.2) is 5.49 Å². The molecule has 0 bridgehead atoms. The van der Waals surface area contributed by atoms with Crippen molar-refractivity contribution in [2.75, 3.05) is 6.54 Å². The number of aryl methyl sites for hydroxylation is 1. The summed E-state index contributed by atoms with van der Waals surface area (Å²) in [6, 6.07) is 20.3. The Morgan fingerprint density at radius 3 is 2.68 bits per heavy atom. The fraction of sp³-hybridized carbons (Fsp3) is 0.308. The first kappa shape index (κ1) is 20.9. The Morgan fingerprint density at radius 1 is 1.00 bits per heavy atom. The summed E-state index contributed by atoms with van der Waals surface area (Å²) in [4.78, 5) is 15.9. The van der Waals surface area contributed by atoms with Gasteiger partial charge in [-0.3, -0.25) is 9.79 Å². The molecule has 1 unspecified atom stereocenters. The van der Waals surface area contributed by atoms with Crippen LogP contribution in [0.5, 0.6) is 0 Å². The molecule has 2 N–H and O–H groups in total. The molecule has 1 aromatic heterocycles. The number of aromatic nitrogens is 1. The average Bonchev–Trinajstić information content (AvgIpc) is 2.90. The van der Waals surface area contributed by atoms with E-state index in [1.165, 1.54) is 27.8 Å². The van der Waals surface area contributed by atoms with Crippen molar-refractivity contribution < 1.29 is 15.1 Å². The van der Waals surface area contributed by atoms with E-state index in [0.29, 0.717) is 12.0 Å². The highest BCUT2D eigenvalue weighted by atomic mass is 16.5. The molecule has 1 heterocycles. The van der Waals surface area contributed by atoms with E-state index in [0.717, 1.165) is 36.8 Å². The number of fused-ring (bicyclic) bond motifs is 2. The number of aliphatic carboxylic acids is 1. The van der Waals surface area contributed by atoms with Crippen molar-refractivity contribution in [3.63, 3.8) is 0 Å². The quantitative estimate of drug-likeness (QED) is 0.444. The van der Waals surface area contributed by atoms with E-state index in [1.807, 2.05) is 18.2 Å². The van der Waals surface area contributed by atoms with Gasteiger partial charge in [-0.15, -0.1) is 0 Å². The van der Waals surface area contributed by atoms with Crippen LogP contribution in [0.2, 0.25) is 0 Å². The predicted octanol–water partition coefficient (Wildman–Crippen LogP) is 4.35. The standard InChI is InChI=1S/C26H28N2O3/c29-26(30)18-23-16-20-12-11-19(15-22(20)17-21-8-1-2-9-24(21)23)7-3-5-13-27-25-10-4-6-14-28(25)31/h1-2,4,6,8-12,14-15,23,31H,3,5,7,13,16-18H2,(H,29,30). The minimum Gasteiger partial charge on any atom is -0.481 e. The number of nitrogens with zero attached hydrogens (tertiary/aromatic N) is 2. The number of carboxylic acid groups (broad SMARTS) is 1. The summed E-state index contributed by atoms with van der Waals surface area (Å²) in [6.07, 6.45) is 6.33. The van der Waals surface area contributed by atoms with Crippen LogP contribution in [0.15, 0.2) is 71.9 Å². The number of hydrogen-bond donors (Lipinski definition) is 2. The fourth-order valence-electron chi connectivity index (χ4n) is 4.45. The molecular weight excluding hydrogens is 388 g/mol. The first-order valence-electron chi connectivity index (χ1n) is 10.9. The highest BCUT2D eigenvalue weighted by Crippen LogP contribution is 2.34. The summed E-state index contributed by atoms with van der Waals surface area (Å²) in [6.45, 7) is 0.680. The lowest BCUT2D eigenvalue weighted by Crippen LogP contribution is -2.17. The number of rotatable bonds is 7. The molecule has 0 aliphatic heterocycles. The molecule has 0 amide bonds. The SMILES string of the molecule is O=C(O)CC1Cc2ccc(CCCCN=c3ccccn3O)cc2Cc2ccccc21. The van der Waals surface area contributed by atoms with Crippen molar-refractivity contribution in [3.8, 4) is 0 Å². The molecule has 0 saturated heterocycles. The number of benzene rings is 2. The molecule has 0 spiro atoms. The smallest absolute Gasteiger partial charge is 0.303 e. The van der Waals surface area contributed by atoms with Gasteiger partial charge in [-0.2, -0.15) is 4.73 Å². The second-order valence-electron chi connectivity index (χ2n) is 8.22. The van der Waals surface area contributed by atoms with Gasteiger partial charge in [0, 0.05) is 12.7 Å². The summed E-state index contributed by atoms with van der Waals surface area (Å²) >= 11 is 0. The van der Waals surface area contributed by atoms with Crippen LogP contribution in [0.4, 0.5) is 0 Å². The van der Waals surface area contributed by atoms with Crippen LogP contribution in [0.25, 0.3) is 0 Å². The van der Waals surface area contributed by atoms with E-state index in [1.54, 1.807) is 18.3 Å². The molecule has 1 atom stereocenters. The maximum absolute atomic E-state index is 11.4. The first-order valence-corrected chi connectivity index (χ1v) is 10.9. The maximum Gasteiger partial charge on any atom is 0.303 e. The molecule has 3 aromatic rings. The Balaban J connectivity index is 1.43. The zero-order valence-corrected chi connectivity index (χ0v) is 17.6. The van der Waals surface area contributed by atoms with Gasteiger partial charge in [0.05, 0.1) is 6.42 Å². The van der Waals surface area contributed by atoms with E-state index in [9.17, 15) is 15.1 Å². The van der Waals surface area contributed by atoms with Gasteiger partial charge in [-0.1, -0.05) is 48.5 Å². The second-order valence-corrected chi connectivity index (χ2v) is 8.22. The zero-order chi connectivity index (χ0) is 21.6. The van der Waals surface area contributed by atoms with Crippen LogP contribution in [0.3, 0.4) is 0 Å². The largest absolute Gasteiger partial charge is 0.481 e. The molecule has 5 nitrogen and oxygen atoms in total. The van der Waals surface area contributed by atoms with E-state index in [4.69, 9.17) is 0 Å². The van der Waals surface area contributed by atoms with Crippen molar-refractivity contribution in [1.29, 1.82) is 0 Å². The lowest BCUT2D eigenvalue weighted by atomic mass is 9.89. The third kappa shape index (κ3) is 5.23. The summed E-state index contributed by atoms with van der Waals surface area (Å²) < 4.78 is 1.04. The van der Waals surface area contributed by atoms with Crippen molar-refractivity contribution in [3.05, 3.63) is 100 Å². The minimum absolute atomic E-state index is 0.0229. The van der Waals surface area contributed by atoms with Crippen molar-refractivity contribution in [2.45, 2.75) is 44.4 Å². The Hall–Kier alpha value is -3.34. The van der Waals surface area contributed by atoms with Crippen molar-refractivity contribution >= 4 is 5.97 Å². The number of hydrogen-bond acceptors (Lipinski definition) is 3. The van der Waals surface area contributed by atoms with Gasteiger partial charge in [0.1, 0.15) is 0 Å². The predicted molar refractivity (Wildman–Crippen MR) is 119 cm³/mol. The van der Waals surface area contributed by atoms with Crippen LogP contribution >= 0.6 is 0 Å². The van der Waals surface area contributed by atoms with Crippen LogP contribution < -0.4 is 5.49 Å². The van der Waals surface area contributed by atoms with Crippen LogP contribution in [0, 0.1) is 0 Å². The maximum atomic E-state index is 11.4. The highest BCUT2D eigenvalue weighted by molar-refractivity contribution is 5.68. The molecule has 2 aromatic carbocycles. The lowest BCUT2D eigenvalue weighted by molar-refractivity contribution is -0.137. The van der Waals surface area contributed by atoms with E-state index >= 15 is 0 Å². The van der Waals surface area contributed by atoms with E-state index in [2.05, 4.69) is 35.3 Å². The van der Waals surface area contributed by atoms with Gasteiger partial charge < -0.3 is 10.3 Å². The molecule has 0 radical (unpaired) electrons. The molecule has 4 rings (SSSR count). The molecule has 5 heteroatoms. The van der Waals surface area contributed by atoms with Gasteiger partial charge in [-0.25, -0.2) is 0 Å². The van der Waals surface area contributed by atoms with Gasteiger partial charge in [0.25, 0.3) is 0 Å². The van der Waals surface area contributed by atoms with Gasteiger partial charge >= 0.3 is 5.97 Å². The fourth-order valence-corrected chi connectivity index (χ4v) is 4.45. The van der Waals surface area contributed by atoms with E-state index in [-0.39, 0.29) is 12.3 Å². The summed E-state index contributed by atoms with van der Waals surface area (Å²) in [5.74, 6) is -0.720. The molecule has 1 aliphatic carbocycles. The second kappa shape index (κ2) is 9.65. The number of carbonyl (C=O) groups is 1. The highest BCUT2D eigenvalue weighted by Gasteiger charge is 2.24. The first-order chi connectivity index (χ1) is 15.1. The number of unbranched alkanes of at least 4 members (excludes halogenated alkanes) is 1. The van der Waals surface area contributed by atoms with Gasteiger partial charge in [0.2, 0.25) is 0 Å². The molecule has 31 heavy (non-hydrogen) atoms. The molecule has 0 fully saturated rings. The van der Waals surface area contributed by atoms with Crippen LogP contribution in [-0.2, 0) is 24.1 Å². The van der Waals surface area contributed by atoms with Crippen LogP contribution in [-0.4, -0.2) is 27.6 Å². The Morgan fingerprint density at radius 2 is 1.84 bits per heavy atom. The zero-order valence-electron chi connectivity index (χ0n) is 17.6. The summed E-state index contributed by atoms with van der Waals surface area (Å²) in [5, 5.41) is 19.1. The minimum atomic E-state index is -0.743. The van der Waals surface area contributed by atoms with E-state index < -0.39 is 5.97 Å². The topological polar surface area (TPSA) is 74.8 Å². The number of carboxylic acids is 1. The molecular formula is C26H28N2O3. The monoisotopic (exact) mass is 416 g/mol. The average molecular weight is 417 g/mol. The third-order valence-corrected chi connectivity index (χ3v) is 6.00. The Kier molecular flexibility index (Phi) is 6.51. The van der Waals surface area contributed by atoms with Crippen LogP contribution in [0.1, 0.15) is 53.0 Å². The van der Waals surface area contributed by atoms with Crippen molar-refractivity contribution in [2.24, 2.45) is 4.99 Å². The Labute approximate surface area is 182 Å². The number of pyridine rings is 1. The van der Waals surface area contributed by atoms with Gasteiger partial charge in [-0.05, 0) is 78.0 Å². The molecule has 160 valence electrons. The normalized spacial score (nSPS) is 15.7.